The summed E-state index contributed by atoms with van der Waals surface area (Å²) in [6, 6.07) is 8.21. The maximum absolute atomic E-state index is 12.3. The first kappa shape index (κ1) is 13.2. The lowest BCUT2D eigenvalue weighted by molar-refractivity contribution is 0.0947. The van der Waals surface area contributed by atoms with Gasteiger partial charge in [0.25, 0.3) is 5.91 Å². The molecule has 0 spiro atoms. The Balaban J connectivity index is 2.14. The molecule has 2 aromatic rings. The Hall–Kier alpha value is -1.81. The number of rotatable bonds is 2. The molecule has 2 N–H and O–H groups in total. The predicted octanol–water partition coefficient (Wildman–Crippen LogP) is 3.36. The standard InChI is InChI=1S/C16H17NO2S/c1-9(2)17-15(18)14-13-11-6-4-3-5-10(11)7-8-12(13)16(19)20-14/h3-6,9,19H,7-8H2,1-2H3,(H,17,18). The molecule has 0 bridgehead atoms. The molecular weight excluding hydrogens is 270 g/mol. The van der Waals surface area contributed by atoms with Gasteiger partial charge in [-0.05, 0) is 37.8 Å². The molecule has 0 saturated heterocycles. The van der Waals surface area contributed by atoms with Crippen LogP contribution in [0.25, 0.3) is 11.1 Å². The summed E-state index contributed by atoms with van der Waals surface area (Å²) in [5.74, 6) is -0.0988. The largest absolute Gasteiger partial charge is 0.499 e. The van der Waals surface area contributed by atoms with Crippen LogP contribution in [0.4, 0.5) is 0 Å². The zero-order valence-electron chi connectivity index (χ0n) is 11.6. The van der Waals surface area contributed by atoms with Gasteiger partial charge in [0, 0.05) is 17.2 Å². The third-order valence-electron chi connectivity index (χ3n) is 3.54. The molecule has 1 amide bonds. The number of hydrogen-bond donors (Lipinski definition) is 2. The van der Waals surface area contributed by atoms with Gasteiger partial charge in [-0.3, -0.25) is 4.79 Å². The van der Waals surface area contributed by atoms with E-state index in [-0.39, 0.29) is 17.0 Å². The third kappa shape index (κ3) is 2.10. The lowest BCUT2D eigenvalue weighted by atomic mass is 9.86. The Kier molecular flexibility index (Phi) is 3.26. The fourth-order valence-electron chi connectivity index (χ4n) is 2.70. The smallest absolute Gasteiger partial charge is 0.262 e. The van der Waals surface area contributed by atoms with E-state index >= 15 is 0 Å². The zero-order chi connectivity index (χ0) is 14.3. The van der Waals surface area contributed by atoms with E-state index in [1.54, 1.807) is 0 Å². The van der Waals surface area contributed by atoms with Gasteiger partial charge in [-0.2, -0.15) is 0 Å². The Morgan fingerprint density at radius 2 is 2.05 bits per heavy atom. The molecule has 4 heteroatoms. The van der Waals surface area contributed by atoms with E-state index < -0.39 is 0 Å². The van der Waals surface area contributed by atoms with Crippen LogP contribution < -0.4 is 5.32 Å². The Bertz CT molecular complexity index is 673. The average Bonchev–Trinajstić information content (AvgIpc) is 2.76. The Labute approximate surface area is 122 Å². The monoisotopic (exact) mass is 287 g/mol. The van der Waals surface area contributed by atoms with Gasteiger partial charge in [-0.15, -0.1) is 0 Å². The second-order valence-corrected chi connectivity index (χ2v) is 6.37. The molecule has 104 valence electrons. The first-order chi connectivity index (χ1) is 9.58. The number of carbonyl (C=O) groups is 1. The molecule has 3 rings (SSSR count). The van der Waals surface area contributed by atoms with Crippen LogP contribution in [0.5, 0.6) is 5.06 Å². The number of thiophene rings is 1. The number of nitrogens with one attached hydrogen (secondary N) is 1. The second kappa shape index (κ2) is 4.94. The summed E-state index contributed by atoms with van der Waals surface area (Å²) >= 11 is 1.19. The molecule has 1 aliphatic rings. The first-order valence-electron chi connectivity index (χ1n) is 6.81. The van der Waals surface area contributed by atoms with Crippen molar-refractivity contribution in [2.24, 2.45) is 0 Å². The normalized spacial score (nSPS) is 12.9. The maximum atomic E-state index is 12.3. The number of aromatic hydroxyl groups is 1. The van der Waals surface area contributed by atoms with E-state index in [4.69, 9.17) is 0 Å². The Morgan fingerprint density at radius 1 is 1.30 bits per heavy atom. The molecule has 0 atom stereocenters. The molecule has 0 radical (unpaired) electrons. The van der Waals surface area contributed by atoms with Crippen LogP contribution in [-0.4, -0.2) is 17.1 Å². The molecule has 20 heavy (non-hydrogen) atoms. The molecule has 1 heterocycles. The lowest BCUT2D eigenvalue weighted by Gasteiger charge is -2.18. The lowest BCUT2D eigenvalue weighted by Crippen LogP contribution is -2.30. The van der Waals surface area contributed by atoms with Crippen molar-refractivity contribution in [3.8, 4) is 16.2 Å². The Morgan fingerprint density at radius 3 is 2.80 bits per heavy atom. The fraction of sp³-hybridized carbons (Fsp3) is 0.312. The summed E-state index contributed by atoms with van der Waals surface area (Å²) in [5, 5.41) is 13.3. The van der Waals surface area contributed by atoms with Crippen LogP contribution in [0.15, 0.2) is 24.3 Å². The predicted molar refractivity (Wildman–Crippen MR) is 81.4 cm³/mol. The van der Waals surface area contributed by atoms with Gasteiger partial charge in [-0.25, -0.2) is 0 Å². The maximum Gasteiger partial charge on any atom is 0.262 e. The zero-order valence-corrected chi connectivity index (χ0v) is 12.4. The van der Waals surface area contributed by atoms with Crippen LogP contribution in [0.3, 0.4) is 0 Å². The summed E-state index contributed by atoms with van der Waals surface area (Å²) in [5.41, 5.74) is 4.17. The molecule has 1 aromatic heterocycles. The highest BCUT2D eigenvalue weighted by atomic mass is 32.1. The van der Waals surface area contributed by atoms with Crippen molar-refractivity contribution in [2.45, 2.75) is 32.7 Å². The minimum atomic E-state index is -0.0988. The summed E-state index contributed by atoms with van der Waals surface area (Å²) in [6.45, 7) is 3.87. The number of fused-ring (bicyclic) bond motifs is 3. The van der Waals surface area contributed by atoms with E-state index in [0.29, 0.717) is 4.88 Å². The third-order valence-corrected chi connectivity index (χ3v) is 4.58. The highest BCUT2D eigenvalue weighted by Crippen LogP contribution is 2.45. The van der Waals surface area contributed by atoms with Gasteiger partial charge in [0.2, 0.25) is 0 Å². The van der Waals surface area contributed by atoms with Crippen LogP contribution in [0.1, 0.15) is 34.6 Å². The second-order valence-electron chi connectivity index (χ2n) is 5.38. The molecular formula is C16H17NO2S. The fourth-order valence-corrected chi connectivity index (χ4v) is 3.71. The van der Waals surface area contributed by atoms with Gasteiger partial charge >= 0.3 is 0 Å². The van der Waals surface area contributed by atoms with Crippen molar-refractivity contribution in [3.05, 3.63) is 40.3 Å². The summed E-state index contributed by atoms with van der Waals surface area (Å²) in [7, 11) is 0. The van der Waals surface area contributed by atoms with E-state index in [0.717, 1.165) is 29.5 Å². The number of hydrogen-bond acceptors (Lipinski definition) is 3. The van der Waals surface area contributed by atoms with Crippen LogP contribution in [0, 0.1) is 0 Å². The van der Waals surface area contributed by atoms with Crippen LogP contribution in [-0.2, 0) is 12.8 Å². The van der Waals surface area contributed by atoms with Crippen molar-refractivity contribution >= 4 is 17.2 Å². The molecule has 0 saturated carbocycles. The highest BCUT2D eigenvalue weighted by Gasteiger charge is 2.28. The molecule has 0 fully saturated rings. The van der Waals surface area contributed by atoms with Crippen molar-refractivity contribution < 1.29 is 9.90 Å². The van der Waals surface area contributed by atoms with Crippen molar-refractivity contribution in [2.75, 3.05) is 0 Å². The summed E-state index contributed by atoms with van der Waals surface area (Å²) in [6.07, 6.45) is 1.71. The minimum absolute atomic E-state index is 0.0845. The molecule has 1 aromatic carbocycles. The van der Waals surface area contributed by atoms with Crippen LogP contribution in [0.2, 0.25) is 0 Å². The number of amides is 1. The SMILES string of the molecule is CC(C)NC(=O)c1sc(O)c2c1-c1ccccc1CC2. The molecule has 1 aliphatic carbocycles. The van der Waals surface area contributed by atoms with Gasteiger partial charge < -0.3 is 10.4 Å². The van der Waals surface area contributed by atoms with Crippen molar-refractivity contribution in [1.29, 1.82) is 0 Å². The minimum Gasteiger partial charge on any atom is -0.499 e. The topological polar surface area (TPSA) is 49.3 Å². The highest BCUT2D eigenvalue weighted by molar-refractivity contribution is 7.16. The van der Waals surface area contributed by atoms with Gasteiger partial charge in [0.15, 0.2) is 5.06 Å². The van der Waals surface area contributed by atoms with E-state index in [1.165, 1.54) is 16.9 Å². The molecule has 0 aliphatic heterocycles. The van der Waals surface area contributed by atoms with Gasteiger partial charge in [0.1, 0.15) is 4.88 Å². The van der Waals surface area contributed by atoms with Crippen molar-refractivity contribution in [1.82, 2.24) is 5.32 Å². The van der Waals surface area contributed by atoms with E-state index in [1.807, 2.05) is 32.0 Å². The number of carbonyl (C=O) groups excluding carboxylic acids is 1. The number of aryl methyl sites for hydroxylation is 1. The summed E-state index contributed by atoms with van der Waals surface area (Å²) < 4.78 is 0. The first-order valence-corrected chi connectivity index (χ1v) is 7.63. The van der Waals surface area contributed by atoms with Gasteiger partial charge in [-0.1, -0.05) is 35.6 Å². The van der Waals surface area contributed by atoms with Crippen LogP contribution >= 0.6 is 11.3 Å². The molecule has 3 nitrogen and oxygen atoms in total. The van der Waals surface area contributed by atoms with Crippen molar-refractivity contribution in [3.63, 3.8) is 0 Å². The average molecular weight is 287 g/mol. The quantitative estimate of drug-likeness (QED) is 0.890. The van der Waals surface area contributed by atoms with E-state index in [2.05, 4.69) is 11.4 Å². The summed E-state index contributed by atoms with van der Waals surface area (Å²) in [4.78, 5) is 13.0. The van der Waals surface area contributed by atoms with E-state index in [9.17, 15) is 9.90 Å². The number of benzene rings is 1. The van der Waals surface area contributed by atoms with Gasteiger partial charge in [0.05, 0.1) is 0 Å². The molecule has 0 unspecified atom stereocenters.